The number of ether oxygens (including phenoxy) is 3. The van der Waals surface area contributed by atoms with E-state index in [2.05, 4.69) is 24.0 Å². The van der Waals surface area contributed by atoms with Crippen molar-refractivity contribution in [1.29, 1.82) is 0 Å². The van der Waals surface area contributed by atoms with E-state index in [9.17, 15) is 14.7 Å². The molecule has 0 bridgehead atoms. The number of halogens is 2. The Balaban J connectivity index is 0.000000244. The zero-order valence-electron chi connectivity index (χ0n) is 25.8. The van der Waals surface area contributed by atoms with E-state index in [4.69, 9.17) is 37.4 Å². The van der Waals surface area contributed by atoms with Crippen LogP contribution < -0.4 is 4.74 Å². The van der Waals surface area contributed by atoms with Gasteiger partial charge in [0.25, 0.3) is 0 Å². The largest absolute Gasteiger partial charge is 0.508 e. The number of carbonyl (C=O) groups is 2. The third kappa shape index (κ3) is 9.75. The van der Waals surface area contributed by atoms with E-state index in [-0.39, 0.29) is 11.4 Å². The van der Waals surface area contributed by atoms with E-state index in [1.807, 2.05) is 26.0 Å². The van der Waals surface area contributed by atoms with Crippen LogP contribution in [0.3, 0.4) is 0 Å². The Labute approximate surface area is 267 Å². The number of rotatable bonds is 11. The van der Waals surface area contributed by atoms with Crippen molar-refractivity contribution in [3.8, 4) is 11.5 Å². The van der Waals surface area contributed by atoms with Crippen LogP contribution in [0.25, 0.3) is 0 Å². The molecule has 2 heterocycles. The molecule has 1 N–H and O–H groups in total. The Morgan fingerprint density at radius 2 is 1.27 bits per heavy atom. The summed E-state index contributed by atoms with van der Waals surface area (Å²) in [7, 11) is 0. The van der Waals surface area contributed by atoms with Gasteiger partial charge in [-0.3, -0.25) is 9.36 Å². The second-order valence-corrected chi connectivity index (χ2v) is 11.2. The zero-order valence-corrected chi connectivity index (χ0v) is 27.3. The van der Waals surface area contributed by atoms with E-state index in [1.165, 1.54) is 6.07 Å². The topological polar surface area (TPSA) is 118 Å². The monoisotopic (exact) mass is 644 g/mol. The number of nitrogens with zero attached hydrogens (tertiary/aromatic N) is 4. The van der Waals surface area contributed by atoms with Gasteiger partial charge >= 0.3 is 11.9 Å². The lowest BCUT2D eigenvalue weighted by molar-refractivity contribution is 0.0509. The van der Waals surface area contributed by atoms with E-state index in [0.29, 0.717) is 60.1 Å². The summed E-state index contributed by atoms with van der Waals surface area (Å²) >= 11 is 12.0. The number of benzene rings is 2. The van der Waals surface area contributed by atoms with Gasteiger partial charge in [0, 0.05) is 32.6 Å². The molecule has 0 spiro atoms. The number of aryl methyl sites for hydroxylation is 2. The van der Waals surface area contributed by atoms with Crippen molar-refractivity contribution in [1.82, 2.24) is 19.6 Å². The van der Waals surface area contributed by atoms with Crippen LogP contribution in [0.4, 0.5) is 0 Å². The lowest BCUT2D eigenvalue weighted by Crippen LogP contribution is -2.11. The fraction of sp³-hybridized carbons (Fsp3) is 0.375. The highest BCUT2D eigenvalue weighted by Crippen LogP contribution is 2.25. The molecule has 0 unspecified atom stereocenters. The van der Waals surface area contributed by atoms with Crippen molar-refractivity contribution < 1.29 is 28.9 Å². The van der Waals surface area contributed by atoms with Crippen LogP contribution in [0.5, 0.6) is 11.5 Å². The van der Waals surface area contributed by atoms with Gasteiger partial charge in [0.2, 0.25) is 0 Å². The molecular formula is C32H38Cl2N4O6. The van der Waals surface area contributed by atoms with Crippen molar-refractivity contribution >= 4 is 35.1 Å². The van der Waals surface area contributed by atoms with Gasteiger partial charge in [-0.25, -0.2) is 9.59 Å². The predicted octanol–water partition coefficient (Wildman–Crippen LogP) is 6.88. The Hall–Kier alpha value is -4.02. The number of carbonyl (C=O) groups excluding carboxylic acids is 2. The highest BCUT2D eigenvalue weighted by atomic mass is 35.5. The minimum Gasteiger partial charge on any atom is -0.508 e. The highest BCUT2D eigenvalue weighted by molar-refractivity contribution is 6.31. The van der Waals surface area contributed by atoms with Crippen molar-refractivity contribution in [3.63, 3.8) is 0 Å². The second kappa shape index (κ2) is 16.2. The number of aromatic hydroxyl groups is 1. The third-order valence-electron chi connectivity index (χ3n) is 6.21. The van der Waals surface area contributed by atoms with Crippen LogP contribution in [0.2, 0.25) is 10.0 Å². The summed E-state index contributed by atoms with van der Waals surface area (Å²) in [5.41, 5.74) is 3.79. The van der Waals surface area contributed by atoms with Gasteiger partial charge in [-0.2, -0.15) is 10.2 Å². The number of hydrogen-bond donors (Lipinski definition) is 1. The molecule has 4 rings (SSSR count). The molecule has 236 valence electrons. The molecule has 4 aromatic rings. The predicted molar refractivity (Wildman–Crippen MR) is 169 cm³/mol. The van der Waals surface area contributed by atoms with Crippen LogP contribution in [0, 0.1) is 19.8 Å². The highest BCUT2D eigenvalue weighted by Gasteiger charge is 2.16. The van der Waals surface area contributed by atoms with Gasteiger partial charge in [0.05, 0.1) is 32.9 Å². The molecule has 2 aromatic heterocycles. The van der Waals surface area contributed by atoms with Crippen LogP contribution in [0.1, 0.15) is 71.2 Å². The standard InChI is InChI=1S/C18H23ClN2O3.C14H15ClN2O3/c1-5-23-18(22)16-8-13(4)21(20-16)10-14-9-15(19)6-7-17(14)24-11-12(2)3;1-3-20-14(19)12-6-9(2)17(16-12)8-10-7-11(15)4-5-13(10)18/h6-9,12H,5,10-11H2,1-4H3;4-7,18H,3,8H2,1-2H3. The van der Waals surface area contributed by atoms with Crippen molar-refractivity contribution in [3.05, 3.63) is 92.5 Å². The molecule has 0 radical (unpaired) electrons. The molecule has 2 aromatic carbocycles. The van der Waals surface area contributed by atoms with Crippen molar-refractivity contribution in [2.45, 2.75) is 54.6 Å². The van der Waals surface area contributed by atoms with E-state index < -0.39 is 11.9 Å². The summed E-state index contributed by atoms with van der Waals surface area (Å²) in [5, 5.41) is 19.5. The summed E-state index contributed by atoms with van der Waals surface area (Å²) in [4.78, 5) is 23.4. The molecule has 0 aliphatic rings. The minimum atomic E-state index is -0.454. The van der Waals surface area contributed by atoms with Gasteiger partial charge in [0.1, 0.15) is 11.5 Å². The Bertz CT molecular complexity index is 1580. The quantitative estimate of drug-likeness (QED) is 0.176. The number of phenolic OH excluding ortho intramolecular Hbond substituents is 1. The summed E-state index contributed by atoms with van der Waals surface area (Å²) in [5.74, 6) is 0.476. The Morgan fingerprint density at radius 3 is 1.77 bits per heavy atom. The number of aromatic nitrogens is 4. The maximum Gasteiger partial charge on any atom is 0.358 e. The molecular weight excluding hydrogens is 607 g/mol. The maximum absolute atomic E-state index is 11.8. The normalized spacial score (nSPS) is 10.8. The average molecular weight is 646 g/mol. The van der Waals surface area contributed by atoms with Crippen LogP contribution >= 0.6 is 23.2 Å². The number of phenols is 1. The van der Waals surface area contributed by atoms with Crippen molar-refractivity contribution in [2.24, 2.45) is 5.92 Å². The first-order valence-electron chi connectivity index (χ1n) is 14.2. The van der Waals surface area contributed by atoms with Gasteiger partial charge < -0.3 is 19.3 Å². The summed E-state index contributed by atoms with van der Waals surface area (Å²) in [6.07, 6.45) is 0. The minimum absolute atomic E-state index is 0.141. The zero-order chi connectivity index (χ0) is 32.4. The van der Waals surface area contributed by atoms with Gasteiger partial charge in [0.15, 0.2) is 11.4 Å². The van der Waals surface area contributed by atoms with Crippen LogP contribution in [-0.2, 0) is 22.6 Å². The smallest absolute Gasteiger partial charge is 0.358 e. The average Bonchev–Trinajstić information content (AvgIpc) is 3.52. The summed E-state index contributed by atoms with van der Waals surface area (Å²) in [6.45, 7) is 13.5. The Morgan fingerprint density at radius 1 is 0.795 bits per heavy atom. The first-order valence-corrected chi connectivity index (χ1v) is 15.0. The number of esters is 2. The molecule has 12 heteroatoms. The van der Waals surface area contributed by atoms with Gasteiger partial charge in [-0.1, -0.05) is 37.0 Å². The first-order chi connectivity index (χ1) is 20.9. The molecule has 0 saturated heterocycles. The number of hydrogen-bond acceptors (Lipinski definition) is 8. The maximum atomic E-state index is 11.8. The molecule has 0 amide bonds. The van der Waals surface area contributed by atoms with Gasteiger partial charge in [-0.15, -0.1) is 0 Å². The molecule has 0 aliphatic carbocycles. The molecule has 44 heavy (non-hydrogen) atoms. The molecule has 0 saturated carbocycles. The SMILES string of the molecule is CCOC(=O)c1cc(C)n(Cc2cc(Cl)ccc2O)n1.CCOC(=O)c1cc(C)n(Cc2cc(Cl)ccc2OCC(C)C)n1. The third-order valence-corrected chi connectivity index (χ3v) is 6.68. The molecule has 0 atom stereocenters. The molecule has 0 fully saturated rings. The van der Waals surface area contributed by atoms with Gasteiger partial charge in [-0.05, 0) is 82.1 Å². The van der Waals surface area contributed by atoms with Crippen LogP contribution in [0.15, 0.2) is 48.5 Å². The van der Waals surface area contributed by atoms with E-state index in [1.54, 1.807) is 53.5 Å². The fourth-order valence-electron chi connectivity index (χ4n) is 4.02. The second-order valence-electron chi connectivity index (χ2n) is 10.3. The van der Waals surface area contributed by atoms with E-state index >= 15 is 0 Å². The molecule has 0 aliphatic heterocycles. The fourth-order valence-corrected chi connectivity index (χ4v) is 4.41. The van der Waals surface area contributed by atoms with Crippen molar-refractivity contribution in [2.75, 3.05) is 19.8 Å². The molecule has 10 nitrogen and oxygen atoms in total. The first kappa shape index (κ1) is 34.5. The van der Waals surface area contributed by atoms with E-state index in [0.717, 1.165) is 22.7 Å². The lowest BCUT2D eigenvalue weighted by Gasteiger charge is -2.14. The van der Waals surface area contributed by atoms with Crippen LogP contribution in [-0.4, -0.2) is 56.4 Å². The lowest BCUT2D eigenvalue weighted by atomic mass is 10.2. The Kier molecular flexibility index (Phi) is 12.7. The summed E-state index contributed by atoms with van der Waals surface area (Å²) in [6, 6.07) is 13.7. The summed E-state index contributed by atoms with van der Waals surface area (Å²) < 4.78 is 19.1.